The summed E-state index contributed by atoms with van der Waals surface area (Å²) in [6, 6.07) is 4.01. The molecule has 0 aromatic heterocycles. The third-order valence-electron chi connectivity index (χ3n) is 2.52. The molecule has 76 valence electrons. The van der Waals surface area contributed by atoms with Gasteiger partial charge in [0.2, 0.25) is 0 Å². The number of aliphatic hydroxyl groups excluding tert-OH is 1. The van der Waals surface area contributed by atoms with Crippen molar-refractivity contribution in [2.45, 2.75) is 25.9 Å². The van der Waals surface area contributed by atoms with Crippen molar-refractivity contribution in [3.8, 4) is 5.75 Å². The van der Waals surface area contributed by atoms with Crippen molar-refractivity contribution in [3.05, 3.63) is 27.7 Å². The standard InChI is InChI=1S/C11H13BrO2/c1-2-10(13)9-6-8(12)5-7-3-4-14-11(7)9/h5-6,10,13H,2-4H2,1H3/t10-/m1/s1. The highest BCUT2D eigenvalue weighted by atomic mass is 79.9. The molecule has 2 nitrogen and oxygen atoms in total. The summed E-state index contributed by atoms with van der Waals surface area (Å²) in [5, 5.41) is 9.82. The molecule has 0 unspecified atom stereocenters. The van der Waals surface area contributed by atoms with E-state index < -0.39 is 6.10 Å². The van der Waals surface area contributed by atoms with Gasteiger partial charge >= 0.3 is 0 Å². The van der Waals surface area contributed by atoms with Gasteiger partial charge in [-0.05, 0) is 24.1 Å². The van der Waals surface area contributed by atoms with Crippen molar-refractivity contribution in [1.29, 1.82) is 0 Å². The van der Waals surface area contributed by atoms with Crippen LogP contribution in [0, 0.1) is 0 Å². The SMILES string of the molecule is CC[C@@H](O)c1cc(Br)cc2c1OCC2. The van der Waals surface area contributed by atoms with Crippen LogP contribution in [0.15, 0.2) is 16.6 Å². The lowest BCUT2D eigenvalue weighted by Gasteiger charge is -2.13. The molecule has 0 radical (unpaired) electrons. The second-order valence-electron chi connectivity index (χ2n) is 3.51. The van der Waals surface area contributed by atoms with E-state index in [1.807, 2.05) is 13.0 Å². The lowest BCUT2D eigenvalue weighted by molar-refractivity contribution is 0.169. The van der Waals surface area contributed by atoms with Gasteiger partial charge in [0, 0.05) is 16.5 Å². The van der Waals surface area contributed by atoms with E-state index in [-0.39, 0.29) is 0 Å². The maximum atomic E-state index is 9.82. The van der Waals surface area contributed by atoms with Gasteiger partial charge in [-0.3, -0.25) is 0 Å². The molecule has 0 fully saturated rings. The minimum Gasteiger partial charge on any atom is -0.493 e. The Bertz CT molecular complexity index is 349. The molecule has 1 atom stereocenters. The summed E-state index contributed by atoms with van der Waals surface area (Å²) in [6.45, 7) is 2.70. The Morgan fingerprint density at radius 1 is 1.57 bits per heavy atom. The number of benzene rings is 1. The molecule has 1 aromatic carbocycles. The fraction of sp³-hybridized carbons (Fsp3) is 0.455. The molecule has 0 spiro atoms. The van der Waals surface area contributed by atoms with Gasteiger partial charge in [0.1, 0.15) is 5.75 Å². The van der Waals surface area contributed by atoms with Gasteiger partial charge in [-0.2, -0.15) is 0 Å². The number of rotatable bonds is 2. The summed E-state index contributed by atoms with van der Waals surface area (Å²) >= 11 is 3.45. The lowest BCUT2D eigenvalue weighted by Crippen LogP contribution is -1.99. The topological polar surface area (TPSA) is 29.5 Å². The number of fused-ring (bicyclic) bond motifs is 1. The Labute approximate surface area is 92.0 Å². The summed E-state index contributed by atoms with van der Waals surface area (Å²) in [6.07, 6.45) is 1.24. The van der Waals surface area contributed by atoms with Crippen molar-refractivity contribution in [3.63, 3.8) is 0 Å². The smallest absolute Gasteiger partial charge is 0.128 e. The van der Waals surface area contributed by atoms with E-state index in [9.17, 15) is 5.11 Å². The molecule has 1 heterocycles. The molecule has 1 aromatic rings. The van der Waals surface area contributed by atoms with Crippen LogP contribution in [-0.4, -0.2) is 11.7 Å². The Kier molecular flexibility index (Phi) is 2.79. The van der Waals surface area contributed by atoms with Crippen molar-refractivity contribution in [2.75, 3.05) is 6.61 Å². The molecule has 1 aliphatic rings. The highest BCUT2D eigenvalue weighted by molar-refractivity contribution is 9.10. The number of hydrogen-bond acceptors (Lipinski definition) is 2. The lowest BCUT2D eigenvalue weighted by atomic mass is 10.0. The summed E-state index contributed by atoms with van der Waals surface area (Å²) in [5.74, 6) is 0.891. The zero-order valence-electron chi connectivity index (χ0n) is 8.09. The van der Waals surface area contributed by atoms with Gasteiger partial charge in [-0.1, -0.05) is 22.9 Å². The number of hydrogen-bond donors (Lipinski definition) is 1. The van der Waals surface area contributed by atoms with Crippen LogP contribution in [0.4, 0.5) is 0 Å². The van der Waals surface area contributed by atoms with Crippen LogP contribution in [-0.2, 0) is 6.42 Å². The van der Waals surface area contributed by atoms with E-state index in [1.54, 1.807) is 0 Å². The maximum Gasteiger partial charge on any atom is 0.128 e. The molecular weight excluding hydrogens is 244 g/mol. The van der Waals surface area contributed by atoms with E-state index in [0.29, 0.717) is 6.42 Å². The third kappa shape index (κ3) is 1.66. The maximum absolute atomic E-state index is 9.82. The molecule has 0 saturated carbocycles. The van der Waals surface area contributed by atoms with Crippen molar-refractivity contribution in [2.24, 2.45) is 0 Å². The molecule has 0 saturated heterocycles. The van der Waals surface area contributed by atoms with Gasteiger partial charge in [0.25, 0.3) is 0 Å². The Hall–Kier alpha value is -0.540. The molecule has 1 aliphatic heterocycles. The molecule has 0 bridgehead atoms. The second kappa shape index (κ2) is 3.91. The van der Waals surface area contributed by atoms with Gasteiger partial charge in [0.15, 0.2) is 0 Å². The number of ether oxygens (including phenoxy) is 1. The van der Waals surface area contributed by atoms with Gasteiger partial charge in [-0.25, -0.2) is 0 Å². The summed E-state index contributed by atoms with van der Waals surface area (Å²) in [5.41, 5.74) is 2.11. The summed E-state index contributed by atoms with van der Waals surface area (Å²) in [7, 11) is 0. The molecular formula is C11H13BrO2. The van der Waals surface area contributed by atoms with Crippen LogP contribution < -0.4 is 4.74 Å². The molecule has 0 amide bonds. The zero-order valence-corrected chi connectivity index (χ0v) is 9.67. The minimum absolute atomic E-state index is 0.417. The fourth-order valence-electron chi connectivity index (χ4n) is 1.77. The van der Waals surface area contributed by atoms with Crippen LogP contribution >= 0.6 is 15.9 Å². The molecule has 14 heavy (non-hydrogen) atoms. The molecule has 2 rings (SSSR count). The van der Waals surface area contributed by atoms with E-state index in [1.165, 1.54) is 5.56 Å². The summed E-state index contributed by atoms with van der Waals surface area (Å²) < 4.78 is 6.54. The van der Waals surface area contributed by atoms with Crippen LogP contribution in [0.2, 0.25) is 0 Å². The average molecular weight is 257 g/mol. The minimum atomic E-state index is -0.417. The van der Waals surface area contributed by atoms with Gasteiger partial charge < -0.3 is 9.84 Å². The highest BCUT2D eigenvalue weighted by Crippen LogP contribution is 2.37. The molecule has 0 aliphatic carbocycles. The first-order chi connectivity index (χ1) is 6.72. The van der Waals surface area contributed by atoms with Crippen LogP contribution in [0.1, 0.15) is 30.6 Å². The van der Waals surface area contributed by atoms with E-state index in [2.05, 4.69) is 22.0 Å². The van der Waals surface area contributed by atoms with Crippen molar-refractivity contribution < 1.29 is 9.84 Å². The number of aliphatic hydroxyl groups is 1. The van der Waals surface area contributed by atoms with Gasteiger partial charge in [0.05, 0.1) is 12.7 Å². The van der Waals surface area contributed by atoms with E-state index in [0.717, 1.165) is 28.8 Å². The average Bonchev–Trinajstić information content (AvgIpc) is 2.62. The molecule has 1 N–H and O–H groups in total. The first-order valence-corrected chi connectivity index (χ1v) is 5.65. The zero-order chi connectivity index (χ0) is 10.1. The summed E-state index contributed by atoms with van der Waals surface area (Å²) in [4.78, 5) is 0. The van der Waals surface area contributed by atoms with Crippen molar-refractivity contribution in [1.82, 2.24) is 0 Å². The van der Waals surface area contributed by atoms with Crippen LogP contribution in [0.25, 0.3) is 0 Å². The first-order valence-electron chi connectivity index (χ1n) is 4.85. The monoisotopic (exact) mass is 256 g/mol. The quantitative estimate of drug-likeness (QED) is 0.882. The largest absolute Gasteiger partial charge is 0.493 e. The third-order valence-corrected chi connectivity index (χ3v) is 2.98. The Morgan fingerprint density at radius 3 is 3.07 bits per heavy atom. The van der Waals surface area contributed by atoms with Crippen molar-refractivity contribution >= 4 is 15.9 Å². The van der Waals surface area contributed by atoms with E-state index >= 15 is 0 Å². The Balaban J connectivity index is 2.48. The predicted molar refractivity (Wildman–Crippen MR) is 58.6 cm³/mol. The predicted octanol–water partition coefficient (Wildman–Crippen LogP) is 2.83. The normalized spacial score (nSPS) is 16.2. The van der Waals surface area contributed by atoms with Crippen LogP contribution in [0.3, 0.4) is 0 Å². The fourth-order valence-corrected chi connectivity index (χ4v) is 2.29. The Morgan fingerprint density at radius 2 is 2.36 bits per heavy atom. The highest BCUT2D eigenvalue weighted by Gasteiger charge is 2.20. The molecule has 3 heteroatoms. The number of halogens is 1. The first kappa shape index (κ1) is 9.99. The van der Waals surface area contributed by atoms with Gasteiger partial charge in [-0.15, -0.1) is 0 Å². The second-order valence-corrected chi connectivity index (χ2v) is 4.42. The van der Waals surface area contributed by atoms with E-state index in [4.69, 9.17) is 4.74 Å². The van der Waals surface area contributed by atoms with Crippen LogP contribution in [0.5, 0.6) is 5.75 Å².